The van der Waals surface area contributed by atoms with E-state index >= 15 is 0 Å². The fraction of sp³-hybridized carbons (Fsp3) is 0. The van der Waals surface area contributed by atoms with E-state index in [1.165, 1.54) is 60.0 Å². The molecule has 13 rings (SSSR count). The molecule has 0 aliphatic carbocycles. The number of hydrogen-bond acceptors (Lipinski definition) is 2. The minimum Gasteiger partial charge on any atom is -0.455 e. The van der Waals surface area contributed by atoms with E-state index in [0.29, 0.717) is 0 Å². The molecule has 0 atom stereocenters. The van der Waals surface area contributed by atoms with Crippen molar-refractivity contribution in [2.45, 2.75) is 0 Å². The van der Waals surface area contributed by atoms with Crippen molar-refractivity contribution in [3.8, 4) is 39.1 Å². The highest BCUT2D eigenvalue weighted by molar-refractivity contribution is 6.18. The number of furan rings is 1. The number of aromatic nitrogens is 1. The van der Waals surface area contributed by atoms with Crippen LogP contribution in [0.25, 0.3) is 104 Å². The zero-order chi connectivity index (χ0) is 42.8. The molecule has 2 heterocycles. The Labute approximate surface area is 376 Å². The van der Waals surface area contributed by atoms with Gasteiger partial charge < -0.3 is 13.9 Å². The summed E-state index contributed by atoms with van der Waals surface area (Å²) in [6.07, 6.45) is 0. The van der Waals surface area contributed by atoms with Crippen molar-refractivity contribution >= 4 is 82.4 Å². The summed E-state index contributed by atoms with van der Waals surface area (Å²) in [5.74, 6) is 0. The molecule has 0 saturated heterocycles. The Balaban J connectivity index is 0.984. The van der Waals surface area contributed by atoms with Crippen molar-refractivity contribution in [1.82, 2.24) is 4.57 Å². The SMILES string of the molecule is c1ccc(-c2ccc(-c3ccc(N(c4ccc(-c5ccc6c7ccccc7n(-c7ccccc7)c6c5)cc4)c4ccc5c(ccc6ccccc65)c4)c4c3oc3ccccc34)cc2)cc1. The second-order valence-corrected chi connectivity index (χ2v) is 16.9. The van der Waals surface area contributed by atoms with Crippen LogP contribution in [0.15, 0.2) is 247 Å². The van der Waals surface area contributed by atoms with E-state index in [-0.39, 0.29) is 0 Å². The minimum absolute atomic E-state index is 0.862. The van der Waals surface area contributed by atoms with E-state index in [1.807, 2.05) is 0 Å². The van der Waals surface area contributed by atoms with Gasteiger partial charge in [0.25, 0.3) is 0 Å². The molecule has 3 heteroatoms. The molecule has 0 fully saturated rings. The van der Waals surface area contributed by atoms with E-state index in [0.717, 1.165) is 61.4 Å². The zero-order valence-corrected chi connectivity index (χ0v) is 35.4. The van der Waals surface area contributed by atoms with Gasteiger partial charge in [-0.1, -0.05) is 176 Å². The number of anilines is 3. The molecular formula is C62H40N2O. The lowest BCUT2D eigenvalue weighted by atomic mass is 9.97. The van der Waals surface area contributed by atoms with Crippen molar-refractivity contribution in [3.05, 3.63) is 243 Å². The molecule has 0 aliphatic heterocycles. The van der Waals surface area contributed by atoms with Gasteiger partial charge >= 0.3 is 0 Å². The summed E-state index contributed by atoms with van der Waals surface area (Å²) in [6, 6.07) is 87.6. The van der Waals surface area contributed by atoms with Gasteiger partial charge in [-0.25, -0.2) is 0 Å². The second-order valence-electron chi connectivity index (χ2n) is 16.9. The lowest BCUT2D eigenvalue weighted by Gasteiger charge is -2.27. The van der Waals surface area contributed by atoms with E-state index in [4.69, 9.17) is 4.42 Å². The topological polar surface area (TPSA) is 21.3 Å². The van der Waals surface area contributed by atoms with Gasteiger partial charge in [0.05, 0.1) is 22.1 Å². The van der Waals surface area contributed by atoms with Crippen molar-refractivity contribution < 1.29 is 4.42 Å². The Hall–Kier alpha value is -8.66. The van der Waals surface area contributed by atoms with E-state index < -0.39 is 0 Å². The summed E-state index contributed by atoms with van der Waals surface area (Å²) >= 11 is 0. The Kier molecular flexibility index (Phi) is 8.53. The monoisotopic (exact) mass is 828 g/mol. The van der Waals surface area contributed by atoms with E-state index in [2.05, 4.69) is 252 Å². The number of nitrogens with zero attached hydrogens (tertiary/aromatic N) is 2. The van der Waals surface area contributed by atoms with Crippen LogP contribution in [0.1, 0.15) is 0 Å². The Morgan fingerprint density at radius 1 is 0.338 bits per heavy atom. The summed E-state index contributed by atoms with van der Waals surface area (Å²) < 4.78 is 9.26. The molecule has 0 N–H and O–H groups in total. The largest absolute Gasteiger partial charge is 0.455 e. The fourth-order valence-corrected chi connectivity index (χ4v) is 10.1. The third-order valence-corrected chi connectivity index (χ3v) is 13.2. The van der Waals surface area contributed by atoms with Crippen LogP contribution >= 0.6 is 0 Å². The molecule has 0 amide bonds. The first-order chi connectivity index (χ1) is 32.2. The maximum Gasteiger partial charge on any atom is 0.145 e. The molecule has 0 saturated carbocycles. The van der Waals surface area contributed by atoms with Gasteiger partial charge in [-0.15, -0.1) is 0 Å². The molecule has 0 aliphatic rings. The van der Waals surface area contributed by atoms with Crippen LogP contribution < -0.4 is 4.90 Å². The normalized spacial score (nSPS) is 11.7. The maximum atomic E-state index is 6.88. The van der Waals surface area contributed by atoms with Gasteiger partial charge in [-0.05, 0) is 116 Å². The van der Waals surface area contributed by atoms with Gasteiger partial charge in [-0.3, -0.25) is 0 Å². The highest BCUT2D eigenvalue weighted by Crippen LogP contribution is 2.47. The lowest BCUT2D eigenvalue weighted by Crippen LogP contribution is -2.10. The highest BCUT2D eigenvalue weighted by Gasteiger charge is 2.23. The molecule has 2 aromatic heterocycles. The first-order valence-electron chi connectivity index (χ1n) is 22.2. The van der Waals surface area contributed by atoms with Gasteiger partial charge in [0.2, 0.25) is 0 Å². The second kappa shape index (κ2) is 15.0. The number of fused-ring (bicyclic) bond motifs is 9. The summed E-state index contributed by atoms with van der Waals surface area (Å²) in [4.78, 5) is 2.40. The van der Waals surface area contributed by atoms with Crippen molar-refractivity contribution in [1.29, 1.82) is 0 Å². The number of rotatable bonds is 7. The number of para-hydroxylation sites is 3. The fourth-order valence-electron chi connectivity index (χ4n) is 10.1. The number of benzene rings is 11. The van der Waals surface area contributed by atoms with Crippen LogP contribution in [0.5, 0.6) is 0 Å². The molecule has 0 spiro atoms. The van der Waals surface area contributed by atoms with Gasteiger partial charge in [0, 0.05) is 38.8 Å². The first-order valence-corrected chi connectivity index (χ1v) is 22.2. The number of hydrogen-bond donors (Lipinski definition) is 0. The third kappa shape index (κ3) is 6.12. The minimum atomic E-state index is 0.862. The lowest BCUT2D eigenvalue weighted by molar-refractivity contribution is 0.670. The first kappa shape index (κ1) is 36.9. The van der Waals surface area contributed by atoms with Crippen LogP contribution in [0, 0.1) is 0 Å². The van der Waals surface area contributed by atoms with Crippen molar-refractivity contribution in [3.63, 3.8) is 0 Å². The standard InChI is InChI=1S/C62H40N2O/c1-3-13-41(14-4-1)42-23-25-45(26-24-42)53-37-38-58(61-56-20-10-12-22-60(56)65-62(53)61)63(50-34-36-52-47(39-50)28-27-44-15-7-8-18-51(44)52)49-32-29-43(30-33-49)46-31-35-55-54-19-9-11-21-57(54)64(59(55)40-46)48-16-5-2-6-17-48/h1-40H. The Morgan fingerprint density at radius 2 is 0.908 bits per heavy atom. The molecular weight excluding hydrogens is 789 g/mol. The van der Waals surface area contributed by atoms with Gasteiger partial charge in [0.15, 0.2) is 0 Å². The van der Waals surface area contributed by atoms with Gasteiger partial charge in [0.1, 0.15) is 11.2 Å². The average Bonchev–Trinajstić information content (AvgIpc) is 3.94. The van der Waals surface area contributed by atoms with Gasteiger partial charge in [-0.2, -0.15) is 0 Å². The van der Waals surface area contributed by atoms with Crippen LogP contribution in [-0.2, 0) is 0 Å². The predicted molar refractivity (Wildman–Crippen MR) is 274 cm³/mol. The summed E-state index contributed by atoms with van der Waals surface area (Å²) in [6.45, 7) is 0. The smallest absolute Gasteiger partial charge is 0.145 e. The zero-order valence-electron chi connectivity index (χ0n) is 35.4. The van der Waals surface area contributed by atoms with E-state index in [1.54, 1.807) is 0 Å². The molecule has 11 aromatic carbocycles. The Bertz CT molecular complexity index is 3920. The van der Waals surface area contributed by atoms with E-state index in [9.17, 15) is 0 Å². The van der Waals surface area contributed by atoms with Crippen LogP contribution in [0.2, 0.25) is 0 Å². The molecule has 304 valence electrons. The summed E-state index contributed by atoms with van der Waals surface area (Å²) in [7, 11) is 0. The molecule has 0 bridgehead atoms. The molecule has 0 radical (unpaired) electrons. The molecule has 0 unspecified atom stereocenters. The highest BCUT2D eigenvalue weighted by atomic mass is 16.3. The quantitative estimate of drug-likeness (QED) is 0.149. The molecule has 3 nitrogen and oxygen atoms in total. The van der Waals surface area contributed by atoms with Crippen molar-refractivity contribution in [2.75, 3.05) is 4.90 Å². The average molecular weight is 829 g/mol. The van der Waals surface area contributed by atoms with Crippen LogP contribution in [0.4, 0.5) is 17.1 Å². The predicted octanol–water partition coefficient (Wildman–Crippen LogP) is 17.5. The maximum absolute atomic E-state index is 6.88. The summed E-state index contributed by atoms with van der Waals surface area (Å²) in [5.41, 5.74) is 15.3. The van der Waals surface area contributed by atoms with Crippen LogP contribution in [0.3, 0.4) is 0 Å². The molecule has 65 heavy (non-hydrogen) atoms. The molecule has 13 aromatic rings. The van der Waals surface area contributed by atoms with Crippen molar-refractivity contribution in [2.24, 2.45) is 0 Å². The summed E-state index contributed by atoms with van der Waals surface area (Å²) in [5, 5.41) is 9.56. The van der Waals surface area contributed by atoms with Crippen LogP contribution in [-0.4, -0.2) is 4.57 Å². The third-order valence-electron chi connectivity index (χ3n) is 13.2. The Morgan fingerprint density at radius 3 is 1.74 bits per heavy atom.